The average Bonchev–Trinajstić information content (AvgIpc) is 2.58. The van der Waals surface area contributed by atoms with Crippen molar-refractivity contribution in [2.75, 3.05) is 5.88 Å². The van der Waals surface area contributed by atoms with Gasteiger partial charge in [0.05, 0.1) is 5.57 Å². The molecule has 162 valence electrons. The van der Waals surface area contributed by atoms with E-state index < -0.39 is 5.97 Å². The van der Waals surface area contributed by atoms with Crippen molar-refractivity contribution in [2.45, 2.75) is 124 Å². The first-order valence-electron chi connectivity index (χ1n) is 11.1. The number of aliphatic carboxylic acids is 1. The van der Waals surface area contributed by atoms with E-state index in [0.29, 0.717) is 5.57 Å². The quantitative estimate of drug-likeness (QED) is 0.159. The summed E-state index contributed by atoms with van der Waals surface area (Å²) in [6.07, 6.45) is 19.8. The van der Waals surface area contributed by atoms with E-state index in [1.807, 2.05) is 0 Å². The van der Waals surface area contributed by atoms with Crippen LogP contribution in [0.2, 0.25) is 0 Å². The van der Waals surface area contributed by atoms with Crippen molar-refractivity contribution in [3.8, 4) is 0 Å². The number of alkyl halides is 1. The molecule has 0 bridgehead atoms. The Morgan fingerprint density at radius 2 is 1.15 bits per heavy atom. The van der Waals surface area contributed by atoms with Crippen molar-refractivity contribution in [2.24, 2.45) is 5.73 Å². The highest BCUT2D eigenvalue weighted by Crippen LogP contribution is 2.13. The van der Waals surface area contributed by atoms with Gasteiger partial charge >= 0.3 is 5.97 Å². The van der Waals surface area contributed by atoms with Crippen molar-refractivity contribution in [1.29, 1.82) is 0 Å². The Labute approximate surface area is 174 Å². The molecular weight excluding hydrogens is 358 g/mol. The first-order valence-corrected chi connectivity index (χ1v) is 11.6. The molecule has 0 saturated carbocycles. The third-order valence-corrected chi connectivity index (χ3v) is 4.98. The van der Waals surface area contributed by atoms with E-state index in [1.165, 1.54) is 89.9 Å². The van der Waals surface area contributed by atoms with Crippen molar-refractivity contribution >= 4 is 17.6 Å². The van der Waals surface area contributed by atoms with Crippen LogP contribution < -0.4 is 5.73 Å². The van der Waals surface area contributed by atoms with E-state index in [2.05, 4.69) is 6.92 Å². The van der Waals surface area contributed by atoms with Crippen LogP contribution in [0.1, 0.15) is 118 Å². The summed E-state index contributed by atoms with van der Waals surface area (Å²) in [5, 5.41) is 8.58. The third kappa shape index (κ3) is 21.6. The van der Waals surface area contributed by atoms with Crippen LogP contribution in [-0.4, -0.2) is 23.0 Å². The van der Waals surface area contributed by atoms with Gasteiger partial charge in [0.25, 0.3) is 0 Å². The molecule has 0 saturated heterocycles. The van der Waals surface area contributed by atoms with E-state index in [9.17, 15) is 4.79 Å². The van der Waals surface area contributed by atoms with Crippen LogP contribution >= 0.6 is 11.6 Å². The van der Waals surface area contributed by atoms with Crippen LogP contribution in [0.15, 0.2) is 11.1 Å². The second kappa shape index (κ2) is 21.8. The molecule has 0 aliphatic heterocycles. The van der Waals surface area contributed by atoms with E-state index in [4.69, 9.17) is 22.4 Å². The summed E-state index contributed by atoms with van der Waals surface area (Å²) >= 11 is 5.64. The molecule has 0 aliphatic rings. The monoisotopic (exact) mass is 403 g/mol. The first kappa shape index (κ1) is 28.7. The highest BCUT2D eigenvalue weighted by Gasteiger charge is 2.12. The fourth-order valence-electron chi connectivity index (χ4n) is 3.15. The van der Waals surface area contributed by atoms with E-state index >= 15 is 0 Å². The highest BCUT2D eigenvalue weighted by molar-refractivity contribution is 6.17. The molecule has 0 aromatic heterocycles. The Morgan fingerprint density at radius 1 is 0.815 bits per heavy atom. The van der Waals surface area contributed by atoms with Crippen molar-refractivity contribution in [3.05, 3.63) is 11.1 Å². The zero-order valence-electron chi connectivity index (χ0n) is 18.5. The van der Waals surface area contributed by atoms with Crippen LogP contribution in [0.25, 0.3) is 0 Å². The summed E-state index contributed by atoms with van der Waals surface area (Å²) in [5.74, 6) is -0.0760. The maximum atomic E-state index is 10.4. The van der Waals surface area contributed by atoms with Gasteiger partial charge in [-0.1, -0.05) is 96.0 Å². The topological polar surface area (TPSA) is 63.3 Å². The Morgan fingerprint density at radius 3 is 1.33 bits per heavy atom. The predicted molar refractivity (Wildman–Crippen MR) is 121 cm³/mol. The minimum Gasteiger partial charge on any atom is -0.478 e. The lowest BCUT2D eigenvalue weighted by molar-refractivity contribution is -0.132. The second-order valence-corrected chi connectivity index (χ2v) is 8.17. The van der Waals surface area contributed by atoms with E-state index in [1.54, 1.807) is 20.8 Å². The van der Waals surface area contributed by atoms with Gasteiger partial charge in [-0.15, -0.1) is 11.6 Å². The zero-order chi connectivity index (χ0) is 20.9. The number of nitrogens with two attached hydrogens (primary N) is 1. The standard InChI is InChI=1S/C16H33Cl.C7H13NO2/c1-2-3-4-5-6-7-8-9-10-11-12-13-14-15-16-17;1-4(2)6(5(3)8)7(9)10/h2-16H2,1H3;5H,8H2,1-3H3,(H,9,10). The summed E-state index contributed by atoms with van der Waals surface area (Å²) < 4.78 is 0. The summed E-state index contributed by atoms with van der Waals surface area (Å²) in [7, 11) is 0. The van der Waals surface area contributed by atoms with Crippen LogP contribution in [0.5, 0.6) is 0 Å². The average molecular weight is 404 g/mol. The van der Waals surface area contributed by atoms with Crippen LogP contribution in [-0.2, 0) is 4.79 Å². The largest absolute Gasteiger partial charge is 0.478 e. The maximum Gasteiger partial charge on any atom is 0.333 e. The van der Waals surface area contributed by atoms with Gasteiger partial charge in [0, 0.05) is 11.9 Å². The van der Waals surface area contributed by atoms with Gasteiger partial charge in [-0.2, -0.15) is 0 Å². The molecule has 1 unspecified atom stereocenters. The third-order valence-electron chi connectivity index (χ3n) is 4.71. The van der Waals surface area contributed by atoms with Crippen molar-refractivity contribution in [3.63, 3.8) is 0 Å². The number of carboxylic acids is 1. The fraction of sp³-hybridized carbons (Fsp3) is 0.870. The minimum atomic E-state index is -0.921. The van der Waals surface area contributed by atoms with Crippen LogP contribution in [0.3, 0.4) is 0 Å². The number of carboxylic acid groups (broad SMARTS) is 1. The second-order valence-electron chi connectivity index (χ2n) is 7.79. The lowest BCUT2D eigenvalue weighted by Gasteiger charge is -2.07. The molecule has 4 heteroatoms. The lowest BCUT2D eigenvalue weighted by Crippen LogP contribution is -2.24. The van der Waals surface area contributed by atoms with Crippen molar-refractivity contribution in [1.82, 2.24) is 0 Å². The molecular formula is C23H46ClNO2. The maximum absolute atomic E-state index is 10.4. The zero-order valence-corrected chi connectivity index (χ0v) is 19.3. The number of rotatable bonds is 16. The Hall–Kier alpha value is -0.540. The number of hydrogen-bond donors (Lipinski definition) is 2. The molecule has 1 atom stereocenters. The van der Waals surface area contributed by atoms with Crippen molar-refractivity contribution < 1.29 is 9.90 Å². The summed E-state index contributed by atoms with van der Waals surface area (Å²) in [4.78, 5) is 10.4. The van der Waals surface area contributed by atoms with E-state index in [-0.39, 0.29) is 6.04 Å². The number of halogens is 1. The summed E-state index contributed by atoms with van der Waals surface area (Å²) in [6, 6.07) is -0.387. The predicted octanol–water partition coefficient (Wildman–Crippen LogP) is 7.46. The number of carbonyl (C=O) groups is 1. The molecule has 0 spiro atoms. The molecule has 0 heterocycles. The molecule has 0 rings (SSSR count). The molecule has 0 aromatic carbocycles. The molecule has 0 aliphatic carbocycles. The van der Waals surface area contributed by atoms with Gasteiger partial charge in [-0.25, -0.2) is 4.79 Å². The van der Waals surface area contributed by atoms with Gasteiger partial charge in [-0.3, -0.25) is 0 Å². The number of hydrogen-bond acceptors (Lipinski definition) is 2. The van der Waals surface area contributed by atoms with Gasteiger partial charge in [0.2, 0.25) is 0 Å². The Kier molecular flexibility index (Phi) is 23.1. The lowest BCUT2D eigenvalue weighted by atomic mass is 10.0. The molecule has 0 fully saturated rings. The summed E-state index contributed by atoms with van der Waals surface area (Å²) in [6.45, 7) is 7.43. The molecule has 27 heavy (non-hydrogen) atoms. The molecule has 3 nitrogen and oxygen atoms in total. The van der Waals surface area contributed by atoms with E-state index in [0.717, 1.165) is 11.5 Å². The molecule has 0 aromatic rings. The highest BCUT2D eigenvalue weighted by atomic mass is 35.5. The first-order chi connectivity index (χ1) is 12.9. The Bertz CT molecular complexity index is 349. The minimum absolute atomic E-state index is 0.306. The number of unbranched alkanes of at least 4 members (excludes halogenated alkanes) is 13. The van der Waals surface area contributed by atoms with Gasteiger partial charge < -0.3 is 10.8 Å². The van der Waals surface area contributed by atoms with Crippen LogP contribution in [0.4, 0.5) is 0 Å². The van der Waals surface area contributed by atoms with Gasteiger partial charge in [0.15, 0.2) is 0 Å². The van der Waals surface area contributed by atoms with Gasteiger partial charge in [-0.05, 0) is 27.2 Å². The SMILES string of the molecule is CC(C)=C(C(=O)O)C(C)N.CCCCCCCCCCCCCCCCCl. The smallest absolute Gasteiger partial charge is 0.333 e. The fourth-order valence-corrected chi connectivity index (χ4v) is 3.34. The number of allylic oxidation sites excluding steroid dienone is 1. The summed E-state index contributed by atoms with van der Waals surface area (Å²) in [5.41, 5.74) is 6.47. The molecule has 3 N–H and O–H groups in total. The molecule has 0 amide bonds. The van der Waals surface area contributed by atoms with Gasteiger partial charge in [0.1, 0.15) is 0 Å². The normalized spacial score (nSPS) is 11.5. The Balaban J connectivity index is 0. The van der Waals surface area contributed by atoms with Crippen LogP contribution in [0, 0.1) is 0 Å². The molecule has 0 radical (unpaired) electrons.